The Hall–Kier alpha value is -1.66. The summed E-state index contributed by atoms with van der Waals surface area (Å²) >= 11 is 5.30. The molecule has 2 aliphatic rings. The number of hydrogen-bond donors (Lipinski definition) is 2. The van der Waals surface area contributed by atoms with Crippen LogP contribution in [0, 0.1) is 0 Å². The van der Waals surface area contributed by atoms with Crippen molar-refractivity contribution < 1.29 is 4.74 Å². The SMILES string of the molecule is S=C(NN=Cc1ccc(N2CCOCC2)cc1)NC1CCCCC1. The van der Waals surface area contributed by atoms with E-state index in [0.717, 1.165) is 31.9 Å². The van der Waals surface area contributed by atoms with Crippen molar-refractivity contribution in [2.45, 2.75) is 38.1 Å². The summed E-state index contributed by atoms with van der Waals surface area (Å²) in [5.41, 5.74) is 5.21. The second-order valence-corrected chi connectivity index (χ2v) is 6.78. The lowest BCUT2D eigenvalue weighted by molar-refractivity contribution is 0.122. The van der Waals surface area contributed by atoms with Crippen LogP contribution < -0.4 is 15.6 Å². The lowest BCUT2D eigenvalue weighted by atomic mass is 9.96. The van der Waals surface area contributed by atoms with E-state index in [4.69, 9.17) is 17.0 Å². The van der Waals surface area contributed by atoms with Crippen LogP contribution in [-0.4, -0.2) is 43.7 Å². The first kappa shape index (κ1) is 17.2. The normalized spacial score (nSPS) is 19.4. The van der Waals surface area contributed by atoms with Gasteiger partial charge in [0, 0.05) is 24.8 Å². The number of hydrazone groups is 1. The molecule has 1 saturated heterocycles. The molecular formula is C18H26N4OS. The Bertz CT molecular complexity index is 549. The van der Waals surface area contributed by atoms with Gasteiger partial charge in [0.05, 0.1) is 19.4 Å². The molecule has 130 valence electrons. The molecule has 0 aromatic heterocycles. The third-order valence-corrected chi connectivity index (χ3v) is 4.80. The van der Waals surface area contributed by atoms with E-state index < -0.39 is 0 Å². The van der Waals surface area contributed by atoms with E-state index in [9.17, 15) is 0 Å². The van der Waals surface area contributed by atoms with Crippen LogP contribution in [0.4, 0.5) is 5.69 Å². The highest BCUT2D eigenvalue weighted by atomic mass is 32.1. The number of benzene rings is 1. The standard InChI is InChI=1S/C18H26N4OS/c24-18(20-16-4-2-1-3-5-16)21-19-14-15-6-8-17(9-7-15)22-10-12-23-13-11-22/h6-9,14,16H,1-5,10-13H2,(H2,20,21,24). The fourth-order valence-corrected chi connectivity index (χ4v) is 3.44. The predicted molar refractivity (Wildman–Crippen MR) is 103 cm³/mol. The first-order valence-electron chi connectivity index (χ1n) is 8.83. The van der Waals surface area contributed by atoms with Gasteiger partial charge < -0.3 is 15.0 Å². The summed E-state index contributed by atoms with van der Waals surface area (Å²) in [5.74, 6) is 0. The number of anilines is 1. The molecule has 3 rings (SSSR count). The quantitative estimate of drug-likeness (QED) is 0.499. The largest absolute Gasteiger partial charge is 0.378 e. The minimum Gasteiger partial charge on any atom is -0.378 e. The lowest BCUT2D eigenvalue weighted by Crippen LogP contribution is -2.40. The van der Waals surface area contributed by atoms with Crippen molar-refractivity contribution in [1.82, 2.24) is 10.7 Å². The van der Waals surface area contributed by atoms with Crippen LogP contribution in [0.2, 0.25) is 0 Å². The maximum atomic E-state index is 5.39. The van der Waals surface area contributed by atoms with E-state index in [-0.39, 0.29) is 0 Å². The molecule has 0 amide bonds. The van der Waals surface area contributed by atoms with Gasteiger partial charge in [-0.05, 0) is 42.8 Å². The number of ether oxygens (including phenoxy) is 1. The second kappa shape index (κ2) is 8.99. The molecule has 1 aromatic carbocycles. The summed E-state index contributed by atoms with van der Waals surface area (Å²) in [5, 5.41) is 8.20. The zero-order chi connectivity index (χ0) is 16.6. The zero-order valence-electron chi connectivity index (χ0n) is 14.0. The molecule has 1 aliphatic carbocycles. The van der Waals surface area contributed by atoms with Gasteiger partial charge in [-0.1, -0.05) is 31.4 Å². The monoisotopic (exact) mass is 346 g/mol. The third-order valence-electron chi connectivity index (χ3n) is 4.59. The Labute approximate surface area is 149 Å². The van der Waals surface area contributed by atoms with Crippen molar-refractivity contribution in [2.24, 2.45) is 5.10 Å². The van der Waals surface area contributed by atoms with Gasteiger partial charge in [0.1, 0.15) is 0 Å². The van der Waals surface area contributed by atoms with Crippen molar-refractivity contribution in [3.8, 4) is 0 Å². The van der Waals surface area contributed by atoms with Crippen LogP contribution in [-0.2, 0) is 4.74 Å². The van der Waals surface area contributed by atoms with Gasteiger partial charge in [-0.15, -0.1) is 0 Å². The summed E-state index contributed by atoms with van der Waals surface area (Å²) < 4.78 is 5.39. The molecule has 1 saturated carbocycles. The third kappa shape index (κ3) is 5.18. The molecular weight excluding hydrogens is 320 g/mol. The van der Waals surface area contributed by atoms with E-state index >= 15 is 0 Å². The Morgan fingerprint density at radius 2 is 1.83 bits per heavy atom. The van der Waals surface area contributed by atoms with E-state index in [1.165, 1.54) is 37.8 Å². The smallest absolute Gasteiger partial charge is 0.187 e. The average molecular weight is 347 g/mol. The number of thiocarbonyl (C=S) groups is 1. The van der Waals surface area contributed by atoms with Crippen molar-refractivity contribution >= 4 is 29.2 Å². The van der Waals surface area contributed by atoms with Crippen LogP contribution in [0.15, 0.2) is 29.4 Å². The number of rotatable bonds is 4. The maximum Gasteiger partial charge on any atom is 0.187 e. The summed E-state index contributed by atoms with van der Waals surface area (Å²) in [6.07, 6.45) is 8.13. The number of morpholine rings is 1. The topological polar surface area (TPSA) is 48.9 Å². The van der Waals surface area contributed by atoms with Crippen molar-refractivity contribution in [3.63, 3.8) is 0 Å². The maximum absolute atomic E-state index is 5.39. The van der Waals surface area contributed by atoms with Crippen LogP contribution in [0.5, 0.6) is 0 Å². The number of hydrogen-bond acceptors (Lipinski definition) is 4. The van der Waals surface area contributed by atoms with Crippen LogP contribution in [0.25, 0.3) is 0 Å². The minimum atomic E-state index is 0.502. The Morgan fingerprint density at radius 1 is 1.12 bits per heavy atom. The molecule has 0 spiro atoms. The van der Waals surface area contributed by atoms with Crippen LogP contribution in [0.1, 0.15) is 37.7 Å². The van der Waals surface area contributed by atoms with Gasteiger partial charge in [-0.2, -0.15) is 5.10 Å². The summed E-state index contributed by atoms with van der Waals surface area (Å²) in [7, 11) is 0. The number of nitrogens with zero attached hydrogens (tertiary/aromatic N) is 2. The molecule has 2 fully saturated rings. The molecule has 1 heterocycles. The molecule has 1 aromatic rings. The average Bonchev–Trinajstić information content (AvgIpc) is 2.64. The summed E-state index contributed by atoms with van der Waals surface area (Å²) in [6, 6.07) is 8.92. The molecule has 24 heavy (non-hydrogen) atoms. The molecule has 6 heteroatoms. The van der Waals surface area contributed by atoms with Gasteiger partial charge in [-0.25, -0.2) is 0 Å². The lowest BCUT2D eigenvalue weighted by Gasteiger charge is -2.28. The van der Waals surface area contributed by atoms with Gasteiger partial charge in [0.15, 0.2) is 5.11 Å². The Kier molecular flexibility index (Phi) is 6.43. The van der Waals surface area contributed by atoms with Crippen molar-refractivity contribution in [1.29, 1.82) is 0 Å². The zero-order valence-corrected chi connectivity index (χ0v) is 14.9. The second-order valence-electron chi connectivity index (χ2n) is 6.37. The molecule has 0 unspecified atom stereocenters. The minimum absolute atomic E-state index is 0.502. The van der Waals surface area contributed by atoms with E-state index in [1.54, 1.807) is 6.21 Å². The van der Waals surface area contributed by atoms with Crippen molar-refractivity contribution in [3.05, 3.63) is 29.8 Å². The van der Waals surface area contributed by atoms with E-state index in [2.05, 4.69) is 45.0 Å². The van der Waals surface area contributed by atoms with Crippen LogP contribution >= 0.6 is 12.2 Å². The first-order valence-corrected chi connectivity index (χ1v) is 9.24. The summed E-state index contributed by atoms with van der Waals surface area (Å²) in [6.45, 7) is 3.52. The van der Waals surface area contributed by atoms with E-state index in [0.29, 0.717) is 11.2 Å². The van der Waals surface area contributed by atoms with Gasteiger partial charge >= 0.3 is 0 Å². The fourth-order valence-electron chi connectivity index (χ4n) is 3.22. The van der Waals surface area contributed by atoms with Crippen molar-refractivity contribution in [2.75, 3.05) is 31.2 Å². The highest BCUT2D eigenvalue weighted by Crippen LogP contribution is 2.17. The van der Waals surface area contributed by atoms with Gasteiger partial charge in [0.2, 0.25) is 0 Å². The van der Waals surface area contributed by atoms with Gasteiger partial charge in [-0.3, -0.25) is 5.43 Å². The van der Waals surface area contributed by atoms with Crippen LogP contribution in [0.3, 0.4) is 0 Å². The molecule has 0 radical (unpaired) electrons. The fraction of sp³-hybridized carbons (Fsp3) is 0.556. The first-order chi connectivity index (χ1) is 11.8. The Morgan fingerprint density at radius 3 is 2.54 bits per heavy atom. The predicted octanol–water partition coefficient (Wildman–Crippen LogP) is 2.65. The highest BCUT2D eigenvalue weighted by molar-refractivity contribution is 7.80. The molecule has 0 bridgehead atoms. The molecule has 5 nitrogen and oxygen atoms in total. The number of nitrogens with one attached hydrogen (secondary N) is 2. The summed E-state index contributed by atoms with van der Waals surface area (Å²) in [4.78, 5) is 2.34. The van der Waals surface area contributed by atoms with E-state index in [1.807, 2.05) is 0 Å². The Balaban J connectivity index is 1.44. The molecule has 0 atom stereocenters. The molecule has 2 N–H and O–H groups in total. The van der Waals surface area contributed by atoms with Gasteiger partial charge in [0.25, 0.3) is 0 Å². The highest BCUT2D eigenvalue weighted by Gasteiger charge is 2.13. The molecule has 1 aliphatic heterocycles.